The number of benzene rings is 1. The number of anilines is 1. The Morgan fingerprint density at radius 2 is 2.00 bits per heavy atom. The summed E-state index contributed by atoms with van der Waals surface area (Å²) in [5, 5.41) is 2.82. The van der Waals surface area contributed by atoms with Gasteiger partial charge in [-0.15, -0.1) is 0 Å². The van der Waals surface area contributed by atoms with Crippen LogP contribution in [0.25, 0.3) is 0 Å². The Labute approximate surface area is 162 Å². The average Bonchev–Trinajstić information content (AvgIpc) is 3.25. The largest absolute Gasteiger partial charge is 0.490 e. The number of nitrogens with one attached hydrogen (secondary N) is 1. The summed E-state index contributed by atoms with van der Waals surface area (Å²) < 4.78 is 11.4. The zero-order valence-corrected chi connectivity index (χ0v) is 15.7. The van der Waals surface area contributed by atoms with E-state index in [2.05, 4.69) is 10.2 Å². The summed E-state index contributed by atoms with van der Waals surface area (Å²) in [7, 11) is 0. The van der Waals surface area contributed by atoms with Crippen molar-refractivity contribution in [3.8, 4) is 11.5 Å². The summed E-state index contributed by atoms with van der Waals surface area (Å²) >= 11 is 0. The molecule has 0 bridgehead atoms. The first-order valence-corrected chi connectivity index (χ1v) is 9.59. The van der Waals surface area contributed by atoms with E-state index < -0.39 is 0 Å². The molecule has 28 heavy (non-hydrogen) atoms. The van der Waals surface area contributed by atoms with E-state index >= 15 is 0 Å². The van der Waals surface area contributed by atoms with Gasteiger partial charge in [0.2, 0.25) is 5.78 Å². The van der Waals surface area contributed by atoms with Gasteiger partial charge in [0.25, 0.3) is 5.91 Å². The van der Waals surface area contributed by atoms with Crippen molar-refractivity contribution in [1.29, 1.82) is 0 Å². The number of piperidine rings is 1. The molecule has 1 fully saturated rings. The fourth-order valence-electron chi connectivity index (χ4n) is 4.08. The average molecular weight is 379 g/mol. The fraction of sp³-hybridized carbons (Fsp3) is 0.381. The predicted molar refractivity (Wildman–Crippen MR) is 102 cm³/mol. The topological polar surface area (TPSA) is 80.8 Å². The standard InChI is InChI=1S/C21H21N3O4/c1-12-8-15-17(10-22-21(15)26)23-20(12)24-6-4-13(5-7-24)28-14-2-3-19-16(9-14)18(25)11-27-19/h2-3,8-9,13H,4-7,10-11H2,1H3,(H,22,26). The smallest absolute Gasteiger partial charge is 0.253 e. The predicted octanol–water partition coefficient (Wildman–Crippen LogP) is 2.26. The molecule has 1 aromatic heterocycles. The first-order valence-electron chi connectivity index (χ1n) is 9.59. The summed E-state index contributed by atoms with van der Waals surface area (Å²) in [4.78, 5) is 30.6. The summed E-state index contributed by atoms with van der Waals surface area (Å²) in [6, 6.07) is 7.39. The number of carbonyl (C=O) groups excluding carboxylic acids is 2. The highest BCUT2D eigenvalue weighted by atomic mass is 16.5. The molecule has 3 aliphatic rings. The summed E-state index contributed by atoms with van der Waals surface area (Å²) in [6.07, 6.45) is 1.85. The molecule has 1 saturated heterocycles. The molecular weight excluding hydrogens is 358 g/mol. The molecule has 4 heterocycles. The van der Waals surface area contributed by atoms with Gasteiger partial charge in [0.05, 0.1) is 23.4 Å². The van der Waals surface area contributed by atoms with E-state index in [9.17, 15) is 9.59 Å². The van der Waals surface area contributed by atoms with Gasteiger partial charge in [-0.1, -0.05) is 0 Å². The third-order valence-electron chi connectivity index (χ3n) is 5.58. The zero-order valence-electron chi connectivity index (χ0n) is 15.7. The first-order chi connectivity index (χ1) is 13.6. The van der Waals surface area contributed by atoms with Crippen LogP contribution in [0, 0.1) is 6.92 Å². The quantitative estimate of drug-likeness (QED) is 0.881. The van der Waals surface area contributed by atoms with Crippen molar-refractivity contribution in [2.45, 2.75) is 32.4 Å². The Morgan fingerprint density at radius 3 is 2.82 bits per heavy atom. The monoisotopic (exact) mass is 379 g/mol. The number of hydrogen-bond acceptors (Lipinski definition) is 6. The lowest BCUT2D eigenvalue weighted by molar-refractivity contribution is 0.0955. The van der Waals surface area contributed by atoms with E-state index in [0.29, 0.717) is 29.2 Å². The molecule has 5 rings (SSSR count). The van der Waals surface area contributed by atoms with Crippen LogP contribution in [0.5, 0.6) is 11.5 Å². The molecule has 2 aromatic rings. The number of aryl methyl sites for hydroxylation is 1. The van der Waals surface area contributed by atoms with Gasteiger partial charge < -0.3 is 19.7 Å². The second-order valence-electron chi connectivity index (χ2n) is 7.48. The molecule has 1 amide bonds. The zero-order chi connectivity index (χ0) is 19.3. The lowest BCUT2D eigenvalue weighted by Crippen LogP contribution is -2.39. The number of ketones is 1. The minimum absolute atomic E-state index is 0.00130. The van der Waals surface area contributed by atoms with Gasteiger partial charge in [-0.25, -0.2) is 4.98 Å². The van der Waals surface area contributed by atoms with Crippen LogP contribution in [0.3, 0.4) is 0 Å². The minimum Gasteiger partial charge on any atom is -0.490 e. The Hall–Kier alpha value is -3.09. The molecule has 7 nitrogen and oxygen atoms in total. The Balaban J connectivity index is 1.26. The number of pyridine rings is 1. The van der Waals surface area contributed by atoms with E-state index in [4.69, 9.17) is 14.5 Å². The molecule has 144 valence electrons. The maximum atomic E-state index is 11.8. The van der Waals surface area contributed by atoms with Gasteiger partial charge in [0.15, 0.2) is 6.61 Å². The third kappa shape index (κ3) is 2.87. The van der Waals surface area contributed by atoms with Gasteiger partial charge in [-0.2, -0.15) is 0 Å². The van der Waals surface area contributed by atoms with Gasteiger partial charge >= 0.3 is 0 Å². The Kier molecular flexibility index (Phi) is 3.96. The number of hydrogen-bond donors (Lipinski definition) is 1. The number of carbonyl (C=O) groups is 2. The van der Waals surface area contributed by atoms with Crippen LogP contribution >= 0.6 is 0 Å². The highest BCUT2D eigenvalue weighted by Crippen LogP contribution is 2.31. The molecule has 0 aliphatic carbocycles. The molecule has 0 atom stereocenters. The lowest BCUT2D eigenvalue weighted by atomic mass is 10.1. The SMILES string of the molecule is Cc1cc2c(nc1N1CCC(Oc3ccc4c(c3)C(=O)CO4)CC1)CNC2=O. The van der Waals surface area contributed by atoms with E-state index in [0.717, 1.165) is 43.0 Å². The number of aromatic nitrogens is 1. The first kappa shape index (κ1) is 17.0. The van der Waals surface area contributed by atoms with Crippen LogP contribution in [0.4, 0.5) is 5.82 Å². The van der Waals surface area contributed by atoms with Crippen molar-refractivity contribution in [3.05, 3.63) is 46.6 Å². The maximum Gasteiger partial charge on any atom is 0.253 e. The number of Topliss-reactive ketones (excluding diaryl/α,β-unsaturated/α-hetero) is 1. The second kappa shape index (κ2) is 6.51. The van der Waals surface area contributed by atoms with Crippen molar-refractivity contribution < 1.29 is 19.1 Å². The molecule has 3 aliphatic heterocycles. The van der Waals surface area contributed by atoms with Crippen LogP contribution in [-0.2, 0) is 6.54 Å². The summed E-state index contributed by atoms with van der Waals surface area (Å²) in [5.74, 6) is 2.27. The van der Waals surface area contributed by atoms with E-state index in [1.165, 1.54) is 0 Å². The highest BCUT2D eigenvalue weighted by Gasteiger charge is 2.27. The maximum absolute atomic E-state index is 11.8. The van der Waals surface area contributed by atoms with E-state index in [-0.39, 0.29) is 24.4 Å². The number of ether oxygens (including phenoxy) is 2. The molecule has 0 radical (unpaired) electrons. The second-order valence-corrected chi connectivity index (χ2v) is 7.48. The number of amides is 1. The normalized spacial score (nSPS) is 18.5. The van der Waals surface area contributed by atoms with Crippen LogP contribution in [0.15, 0.2) is 24.3 Å². The number of rotatable bonds is 3. The molecule has 1 aromatic carbocycles. The lowest BCUT2D eigenvalue weighted by Gasteiger charge is -2.34. The molecular formula is C21H21N3O4. The number of fused-ring (bicyclic) bond motifs is 2. The van der Waals surface area contributed by atoms with Gasteiger partial charge in [-0.3, -0.25) is 9.59 Å². The van der Waals surface area contributed by atoms with Gasteiger partial charge in [-0.05, 0) is 36.8 Å². The third-order valence-corrected chi connectivity index (χ3v) is 5.58. The fourth-order valence-corrected chi connectivity index (χ4v) is 4.08. The van der Waals surface area contributed by atoms with Crippen molar-refractivity contribution in [2.75, 3.05) is 24.6 Å². The molecule has 0 spiro atoms. The van der Waals surface area contributed by atoms with E-state index in [1.54, 1.807) is 12.1 Å². The summed E-state index contributed by atoms with van der Waals surface area (Å²) in [6.45, 7) is 4.30. The van der Waals surface area contributed by atoms with Crippen LogP contribution in [0.1, 0.15) is 44.8 Å². The van der Waals surface area contributed by atoms with Gasteiger partial charge in [0, 0.05) is 25.9 Å². The molecule has 0 unspecified atom stereocenters. The Bertz CT molecular complexity index is 980. The van der Waals surface area contributed by atoms with E-state index in [1.807, 2.05) is 19.1 Å². The molecule has 0 saturated carbocycles. The van der Waals surface area contributed by atoms with Crippen molar-refractivity contribution in [2.24, 2.45) is 0 Å². The number of nitrogens with zero attached hydrogens (tertiary/aromatic N) is 2. The Morgan fingerprint density at radius 1 is 1.18 bits per heavy atom. The van der Waals surface area contributed by atoms with Crippen molar-refractivity contribution >= 4 is 17.5 Å². The van der Waals surface area contributed by atoms with Gasteiger partial charge in [0.1, 0.15) is 23.4 Å². The van der Waals surface area contributed by atoms with Crippen LogP contribution in [-0.4, -0.2) is 42.5 Å². The highest BCUT2D eigenvalue weighted by molar-refractivity contribution is 6.02. The van der Waals surface area contributed by atoms with Crippen molar-refractivity contribution in [1.82, 2.24) is 10.3 Å². The van der Waals surface area contributed by atoms with Crippen molar-refractivity contribution in [3.63, 3.8) is 0 Å². The summed E-state index contributed by atoms with van der Waals surface area (Å²) in [5.41, 5.74) is 3.15. The molecule has 1 N–H and O–H groups in total. The van der Waals surface area contributed by atoms with Crippen LogP contribution in [0.2, 0.25) is 0 Å². The molecule has 7 heteroatoms. The van der Waals surface area contributed by atoms with Crippen LogP contribution < -0.4 is 19.7 Å². The minimum atomic E-state index is -0.0394.